The number of benzene rings is 3. The Balaban J connectivity index is 2.05. The lowest BCUT2D eigenvalue weighted by Gasteiger charge is -2.08. The number of rotatable bonds is 3. The van der Waals surface area contributed by atoms with E-state index in [2.05, 4.69) is 38.1 Å². The first-order valence-electron chi connectivity index (χ1n) is 9.08. The van der Waals surface area contributed by atoms with Crippen molar-refractivity contribution in [1.82, 2.24) is 0 Å². The molecule has 27 heavy (non-hydrogen) atoms. The van der Waals surface area contributed by atoms with Gasteiger partial charge < -0.3 is 4.42 Å². The number of aryl methyl sites for hydroxylation is 2. The fourth-order valence-corrected chi connectivity index (χ4v) is 3.45. The summed E-state index contributed by atoms with van der Waals surface area (Å²) in [4.78, 5) is 4.99. The second-order valence-corrected chi connectivity index (χ2v) is 6.98. The van der Waals surface area contributed by atoms with Gasteiger partial charge in [-0.3, -0.25) is 0 Å². The summed E-state index contributed by atoms with van der Waals surface area (Å²) in [7, 11) is 0. The summed E-state index contributed by atoms with van der Waals surface area (Å²) in [5.41, 5.74) is 5.04. The number of fused-ring (bicyclic) bond motifs is 1. The molecule has 0 N–H and O–H groups in total. The van der Waals surface area contributed by atoms with E-state index in [1.807, 2.05) is 48.5 Å². The molecule has 0 saturated heterocycles. The fourth-order valence-electron chi connectivity index (χ4n) is 3.22. The van der Waals surface area contributed by atoms with E-state index in [0.717, 1.165) is 34.0 Å². The predicted octanol–water partition coefficient (Wildman–Crippen LogP) is 6.86. The minimum absolute atomic E-state index is 0.660. The van der Waals surface area contributed by atoms with Crippen LogP contribution in [-0.4, -0.2) is 0 Å². The molecule has 0 amide bonds. The van der Waals surface area contributed by atoms with Gasteiger partial charge in [-0.2, -0.15) is 0 Å². The summed E-state index contributed by atoms with van der Waals surface area (Å²) >= 11 is 6.40. The predicted molar refractivity (Wildman–Crippen MR) is 112 cm³/mol. The first-order valence-corrected chi connectivity index (χ1v) is 9.45. The Kier molecular flexibility index (Phi) is 4.83. The molecule has 0 saturated carbocycles. The first kappa shape index (κ1) is 17.6. The maximum atomic E-state index is 6.40. The molecular weight excluding hydrogens is 354 g/mol. The highest BCUT2D eigenvalue weighted by molar-refractivity contribution is 6.33. The van der Waals surface area contributed by atoms with Gasteiger partial charge >= 0.3 is 0 Å². The van der Waals surface area contributed by atoms with Gasteiger partial charge in [0, 0.05) is 17.0 Å². The van der Waals surface area contributed by atoms with Crippen molar-refractivity contribution in [2.45, 2.75) is 20.3 Å². The SMILES string of the molecule is CCc1ccccc1N=c1cc(-c2ccccc2Cl)oc2ccc(C)cc12. The summed E-state index contributed by atoms with van der Waals surface area (Å²) in [6.45, 7) is 4.22. The zero-order chi connectivity index (χ0) is 18.8. The molecule has 0 fully saturated rings. The van der Waals surface area contributed by atoms with Crippen molar-refractivity contribution in [3.05, 3.63) is 94.3 Å². The maximum absolute atomic E-state index is 6.40. The number of halogens is 1. The van der Waals surface area contributed by atoms with Crippen molar-refractivity contribution >= 4 is 28.3 Å². The van der Waals surface area contributed by atoms with Crippen LogP contribution in [0.5, 0.6) is 0 Å². The van der Waals surface area contributed by atoms with Gasteiger partial charge in [0.05, 0.1) is 16.1 Å². The topological polar surface area (TPSA) is 25.5 Å². The summed E-state index contributed by atoms with van der Waals surface area (Å²) in [5, 5.41) is 2.54. The Morgan fingerprint density at radius 2 is 1.70 bits per heavy atom. The van der Waals surface area contributed by atoms with Crippen LogP contribution in [0.4, 0.5) is 5.69 Å². The molecule has 0 radical (unpaired) electrons. The fraction of sp³-hybridized carbons (Fsp3) is 0.125. The minimum atomic E-state index is 0.660. The number of hydrogen-bond acceptors (Lipinski definition) is 2. The second kappa shape index (κ2) is 7.42. The van der Waals surface area contributed by atoms with Crippen LogP contribution in [-0.2, 0) is 6.42 Å². The molecule has 0 aliphatic rings. The average Bonchev–Trinajstić information content (AvgIpc) is 2.69. The molecule has 4 aromatic rings. The maximum Gasteiger partial charge on any atom is 0.138 e. The summed E-state index contributed by atoms with van der Waals surface area (Å²) < 4.78 is 6.17. The van der Waals surface area contributed by atoms with Crippen molar-refractivity contribution in [2.24, 2.45) is 4.99 Å². The Bertz CT molecular complexity index is 1190. The Labute approximate surface area is 163 Å². The highest BCUT2D eigenvalue weighted by atomic mass is 35.5. The number of para-hydroxylation sites is 1. The van der Waals surface area contributed by atoms with Gasteiger partial charge in [-0.15, -0.1) is 0 Å². The molecule has 134 valence electrons. The quantitative estimate of drug-likeness (QED) is 0.385. The molecule has 0 aliphatic heterocycles. The zero-order valence-electron chi connectivity index (χ0n) is 15.4. The van der Waals surface area contributed by atoms with Crippen LogP contribution >= 0.6 is 11.6 Å². The average molecular weight is 374 g/mol. The van der Waals surface area contributed by atoms with E-state index in [-0.39, 0.29) is 0 Å². The molecule has 0 spiro atoms. The van der Waals surface area contributed by atoms with E-state index in [1.165, 1.54) is 11.1 Å². The number of nitrogens with zero attached hydrogens (tertiary/aromatic N) is 1. The van der Waals surface area contributed by atoms with Crippen LogP contribution in [0.15, 0.2) is 82.2 Å². The van der Waals surface area contributed by atoms with E-state index in [9.17, 15) is 0 Å². The summed E-state index contributed by atoms with van der Waals surface area (Å²) in [5.74, 6) is 0.713. The van der Waals surface area contributed by atoms with Crippen molar-refractivity contribution in [1.29, 1.82) is 0 Å². The third-order valence-electron chi connectivity index (χ3n) is 4.65. The van der Waals surface area contributed by atoms with Crippen LogP contribution in [0, 0.1) is 6.92 Å². The van der Waals surface area contributed by atoms with E-state index in [4.69, 9.17) is 21.0 Å². The van der Waals surface area contributed by atoms with Crippen molar-refractivity contribution in [3.8, 4) is 11.3 Å². The standard InChI is InChI=1S/C24H20ClNO/c1-3-17-8-4-7-11-21(17)26-22-15-24(18-9-5-6-10-20(18)25)27-23-13-12-16(2)14-19(22)23/h4-15H,3H2,1-2H3. The molecule has 4 rings (SSSR count). The van der Waals surface area contributed by atoms with Crippen molar-refractivity contribution in [3.63, 3.8) is 0 Å². The van der Waals surface area contributed by atoms with E-state index < -0.39 is 0 Å². The van der Waals surface area contributed by atoms with Gasteiger partial charge in [-0.1, -0.05) is 60.5 Å². The van der Waals surface area contributed by atoms with Gasteiger partial charge in [0.25, 0.3) is 0 Å². The molecule has 0 bridgehead atoms. The lowest BCUT2D eigenvalue weighted by atomic mass is 10.1. The van der Waals surface area contributed by atoms with Gasteiger partial charge in [-0.25, -0.2) is 4.99 Å². The zero-order valence-corrected chi connectivity index (χ0v) is 16.1. The summed E-state index contributed by atoms with van der Waals surface area (Å²) in [6, 6.07) is 24.1. The molecule has 3 aromatic carbocycles. The van der Waals surface area contributed by atoms with Crippen LogP contribution in [0.1, 0.15) is 18.1 Å². The summed E-state index contributed by atoms with van der Waals surface area (Å²) in [6.07, 6.45) is 0.936. The van der Waals surface area contributed by atoms with Gasteiger partial charge in [0.1, 0.15) is 11.3 Å². The Morgan fingerprint density at radius 1 is 0.926 bits per heavy atom. The van der Waals surface area contributed by atoms with Crippen LogP contribution in [0.3, 0.4) is 0 Å². The second-order valence-electron chi connectivity index (χ2n) is 6.57. The molecule has 0 unspecified atom stereocenters. The van der Waals surface area contributed by atoms with E-state index in [0.29, 0.717) is 10.8 Å². The normalized spacial score (nSPS) is 11.9. The van der Waals surface area contributed by atoms with Crippen molar-refractivity contribution < 1.29 is 4.42 Å². The molecule has 2 nitrogen and oxygen atoms in total. The molecule has 1 heterocycles. The van der Waals surface area contributed by atoms with E-state index in [1.54, 1.807) is 0 Å². The van der Waals surface area contributed by atoms with Crippen LogP contribution in [0.25, 0.3) is 22.3 Å². The van der Waals surface area contributed by atoms with Crippen LogP contribution < -0.4 is 5.36 Å². The smallest absolute Gasteiger partial charge is 0.138 e. The molecule has 0 aliphatic carbocycles. The largest absolute Gasteiger partial charge is 0.456 e. The molecule has 0 atom stereocenters. The number of hydrogen-bond donors (Lipinski definition) is 0. The third-order valence-corrected chi connectivity index (χ3v) is 4.98. The van der Waals surface area contributed by atoms with Gasteiger partial charge in [0.15, 0.2) is 0 Å². The molecule has 1 aromatic heterocycles. The highest BCUT2D eigenvalue weighted by Crippen LogP contribution is 2.29. The van der Waals surface area contributed by atoms with Gasteiger partial charge in [0.2, 0.25) is 0 Å². The monoisotopic (exact) mass is 373 g/mol. The minimum Gasteiger partial charge on any atom is -0.456 e. The highest BCUT2D eigenvalue weighted by Gasteiger charge is 2.09. The van der Waals surface area contributed by atoms with E-state index >= 15 is 0 Å². The first-order chi connectivity index (χ1) is 13.2. The van der Waals surface area contributed by atoms with Gasteiger partial charge in [-0.05, 0) is 49.2 Å². The van der Waals surface area contributed by atoms with Crippen LogP contribution in [0.2, 0.25) is 5.02 Å². The molecular formula is C24H20ClNO. The Hall–Kier alpha value is -2.84. The Morgan fingerprint density at radius 3 is 2.52 bits per heavy atom. The lowest BCUT2D eigenvalue weighted by Crippen LogP contribution is -2.04. The van der Waals surface area contributed by atoms with Crippen molar-refractivity contribution in [2.75, 3.05) is 0 Å². The molecule has 3 heteroatoms. The lowest BCUT2D eigenvalue weighted by molar-refractivity contribution is 0.618. The third kappa shape index (κ3) is 3.54.